The highest BCUT2D eigenvalue weighted by Gasteiger charge is 2.23. The summed E-state index contributed by atoms with van der Waals surface area (Å²) in [5.74, 6) is 0. The molecule has 0 fully saturated rings. The SMILES string of the molecule is c1ccc(-n2c3ccccc3c3cc4c(cc32)c2cc(-c3ccc5c(c3)c3ccc6c7ccccc7n(-c7ccccc7)c6c3n5-c3ccccc3)ccc2n4-c2ccccc2)cc1. The van der Waals surface area contributed by atoms with Crippen LogP contribution >= 0.6 is 0 Å². The van der Waals surface area contributed by atoms with Gasteiger partial charge in [-0.25, -0.2) is 0 Å². The van der Waals surface area contributed by atoms with Crippen LogP contribution in [0, 0.1) is 0 Å². The van der Waals surface area contributed by atoms with Crippen LogP contribution in [0.1, 0.15) is 0 Å². The van der Waals surface area contributed by atoms with Gasteiger partial charge in [-0.2, -0.15) is 0 Å². The summed E-state index contributed by atoms with van der Waals surface area (Å²) in [6.45, 7) is 0. The third-order valence-electron chi connectivity index (χ3n) is 13.5. The molecular formula is C60H38N4. The van der Waals surface area contributed by atoms with Crippen LogP contribution in [0.5, 0.6) is 0 Å². The third-order valence-corrected chi connectivity index (χ3v) is 13.5. The van der Waals surface area contributed by atoms with E-state index in [2.05, 4.69) is 249 Å². The second-order valence-corrected chi connectivity index (χ2v) is 16.9. The van der Waals surface area contributed by atoms with Crippen LogP contribution in [-0.2, 0) is 0 Å². The number of benzene rings is 10. The largest absolute Gasteiger partial charge is 0.309 e. The molecule has 298 valence electrons. The summed E-state index contributed by atoms with van der Waals surface area (Å²) in [6.07, 6.45) is 0. The van der Waals surface area contributed by atoms with Crippen molar-refractivity contribution in [2.24, 2.45) is 0 Å². The highest BCUT2D eigenvalue weighted by atomic mass is 15.0. The minimum atomic E-state index is 1.14. The Labute approximate surface area is 368 Å². The Balaban J connectivity index is 1.05. The van der Waals surface area contributed by atoms with Crippen molar-refractivity contribution in [1.29, 1.82) is 0 Å². The van der Waals surface area contributed by atoms with Gasteiger partial charge in [-0.3, -0.25) is 0 Å². The van der Waals surface area contributed by atoms with E-state index >= 15 is 0 Å². The number of rotatable bonds is 5. The fourth-order valence-electron chi connectivity index (χ4n) is 10.8. The quantitative estimate of drug-likeness (QED) is 0.165. The number of fused-ring (bicyclic) bond motifs is 13. The second-order valence-electron chi connectivity index (χ2n) is 16.9. The van der Waals surface area contributed by atoms with Crippen LogP contribution in [0.15, 0.2) is 231 Å². The topological polar surface area (TPSA) is 19.7 Å². The summed E-state index contributed by atoms with van der Waals surface area (Å²) < 4.78 is 9.79. The molecular weight excluding hydrogens is 777 g/mol. The lowest BCUT2D eigenvalue weighted by molar-refractivity contribution is 1.15. The fourth-order valence-corrected chi connectivity index (χ4v) is 10.8. The lowest BCUT2D eigenvalue weighted by Crippen LogP contribution is -1.98. The minimum Gasteiger partial charge on any atom is -0.309 e. The van der Waals surface area contributed by atoms with Crippen molar-refractivity contribution in [1.82, 2.24) is 18.3 Å². The number of hydrogen-bond donors (Lipinski definition) is 0. The molecule has 0 unspecified atom stereocenters. The van der Waals surface area contributed by atoms with Crippen molar-refractivity contribution < 1.29 is 0 Å². The molecule has 4 aromatic heterocycles. The summed E-state index contributed by atoms with van der Waals surface area (Å²) in [5.41, 5.74) is 16.5. The molecule has 64 heavy (non-hydrogen) atoms. The molecule has 4 heteroatoms. The minimum absolute atomic E-state index is 1.14. The fraction of sp³-hybridized carbons (Fsp3) is 0. The van der Waals surface area contributed by atoms with Gasteiger partial charge < -0.3 is 18.3 Å². The Morgan fingerprint density at radius 1 is 0.188 bits per heavy atom. The zero-order valence-corrected chi connectivity index (χ0v) is 34.7. The van der Waals surface area contributed by atoms with Crippen molar-refractivity contribution >= 4 is 87.2 Å². The van der Waals surface area contributed by atoms with Gasteiger partial charge in [-0.15, -0.1) is 0 Å². The number of nitrogens with zero attached hydrogens (tertiary/aromatic N) is 4. The van der Waals surface area contributed by atoms with Crippen molar-refractivity contribution in [3.05, 3.63) is 231 Å². The number of hydrogen-bond acceptors (Lipinski definition) is 0. The van der Waals surface area contributed by atoms with Crippen LogP contribution in [0.25, 0.3) is 121 Å². The van der Waals surface area contributed by atoms with Crippen LogP contribution < -0.4 is 0 Å². The van der Waals surface area contributed by atoms with Gasteiger partial charge in [0, 0.05) is 65.8 Å². The second kappa shape index (κ2) is 13.4. The molecule has 0 N–H and O–H groups in total. The monoisotopic (exact) mass is 814 g/mol. The average molecular weight is 815 g/mol. The van der Waals surface area contributed by atoms with Gasteiger partial charge in [0.25, 0.3) is 0 Å². The molecule has 10 aromatic carbocycles. The Bertz CT molecular complexity index is 4130. The van der Waals surface area contributed by atoms with Gasteiger partial charge in [0.05, 0.1) is 44.1 Å². The molecule has 0 aliphatic heterocycles. The lowest BCUT2D eigenvalue weighted by atomic mass is 10.00. The molecule has 0 amide bonds. The summed E-state index contributed by atoms with van der Waals surface area (Å²) >= 11 is 0. The van der Waals surface area contributed by atoms with Crippen molar-refractivity contribution in [3.8, 4) is 33.9 Å². The van der Waals surface area contributed by atoms with E-state index in [1.807, 2.05) is 0 Å². The maximum absolute atomic E-state index is 2.48. The van der Waals surface area contributed by atoms with Crippen LogP contribution in [-0.4, -0.2) is 18.3 Å². The third kappa shape index (κ3) is 4.93. The Kier molecular flexibility index (Phi) is 7.36. The molecule has 0 atom stereocenters. The van der Waals surface area contributed by atoms with E-state index in [9.17, 15) is 0 Å². The van der Waals surface area contributed by atoms with E-state index in [0.717, 1.165) is 22.7 Å². The lowest BCUT2D eigenvalue weighted by Gasteiger charge is -2.12. The van der Waals surface area contributed by atoms with Crippen molar-refractivity contribution in [2.45, 2.75) is 0 Å². The van der Waals surface area contributed by atoms with Crippen LogP contribution in [0.3, 0.4) is 0 Å². The van der Waals surface area contributed by atoms with Crippen molar-refractivity contribution in [2.75, 3.05) is 0 Å². The van der Waals surface area contributed by atoms with Gasteiger partial charge in [0.2, 0.25) is 0 Å². The molecule has 4 nitrogen and oxygen atoms in total. The van der Waals surface area contributed by atoms with Gasteiger partial charge in [0.15, 0.2) is 0 Å². The van der Waals surface area contributed by atoms with Gasteiger partial charge in [-0.05, 0) is 108 Å². The standard InChI is InChI=1S/C60H38N4/c1-5-17-41(18-6-1)61-53-27-15-14-26-46(53)51-37-58-52(38-57(51)61)50-36-40(29-33-55(50)62(58)42-19-7-2-8-20-42)39-30-34-56-49(35-39)48-32-31-47-45-25-13-16-28-54(45)63(43-21-9-3-10-22-43)59(47)60(48)64(56)44-23-11-4-12-24-44/h1-38H. The molecule has 0 radical (unpaired) electrons. The van der Waals surface area contributed by atoms with Crippen LogP contribution in [0.2, 0.25) is 0 Å². The summed E-state index contributed by atoms with van der Waals surface area (Å²) in [7, 11) is 0. The molecule has 0 saturated carbocycles. The van der Waals surface area contributed by atoms with Gasteiger partial charge >= 0.3 is 0 Å². The summed E-state index contributed by atoms with van der Waals surface area (Å²) in [6, 6.07) is 84.4. The number of aromatic nitrogens is 4. The van der Waals surface area contributed by atoms with E-state index in [1.165, 1.54) is 98.4 Å². The predicted octanol–water partition coefficient (Wildman–Crippen LogP) is 15.7. The zero-order valence-electron chi connectivity index (χ0n) is 34.7. The zero-order chi connectivity index (χ0) is 41.9. The Morgan fingerprint density at radius 2 is 0.500 bits per heavy atom. The molecule has 14 rings (SSSR count). The first-order valence-electron chi connectivity index (χ1n) is 22.0. The first-order valence-corrected chi connectivity index (χ1v) is 22.0. The highest BCUT2D eigenvalue weighted by Crippen LogP contribution is 2.44. The summed E-state index contributed by atoms with van der Waals surface area (Å²) in [5, 5.41) is 9.89. The molecule has 0 aliphatic rings. The first-order chi connectivity index (χ1) is 31.8. The summed E-state index contributed by atoms with van der Waals surface area (Å²) in [4.78, 5) is 0. The van der Waals surface area contributed by atoms with Crippen molar-refractivity contribution in [3.63, 3.8) is 0 Å². The first kappa shape index (κ1) is 35.0. The average Bonchev–Trinajstić information content (AvgIpc) is 4.08. The number of para-hydroxylation sites is 6. The smallest absolute Gasteiger partial charge is 0.0788 e. The molecule has 0 saturated heterocycles. The molecule has 14 aromatic rings. The van der Waals surface area contributed by atoms with E-state index in [4.69, 9.17) is 0 Å². The molecule has 0 aliphatic carbocycles. The molecule has 0 bridgehead atoms. The van der Waals surface area contributed by atoms with Gasteiger partial charge in [0.1, 0.15) is 0 Å². The van der Waals surface area contributed by atoms with E-state index in [1.54, 1.807) is 0 Å². The van der Waals surface area contributed by atoms with Gasteiger partial charge in [-0.1, -0.05) is 133 Å². The van der Waals surface area contributed by atoms with Crippen LogP contribution in [0.4, 0.5) is 0 Å². The molecule has 0 spiro atoms. The Morgan fingerprint density at radius 3 is 0.984 bits per heavy atom. The molecule has 4 heterocycles. The van der Waals surface area contributed by atoms with E-state index in [-0.39, 0.29) is 0 Å². The maximum Gasteiger partial charge on any atom is 0.0788 e. The predicted molar refractivity (Wildman–Crippen MR) is 269 cm³/mol. The Hall–Kier alpha value is -8.60. The van der Waals surface area contributed by atoms with E-state index in [0.29, 0.717) is 0 Å². The highest BCUT2D eigenvalue weighted by molar-refractivity contribution is 6.24. The maximum atomic E-state index is 2.48. The van der Waals surface area contributed by atoms with E-state index < -0.39 is 0 Å². The normalized spacial score (nSPS) is 12.1.